The van der Waals surface area contributed by atoms with Crippen molar-refractivity contribution in [1.82, 2.24) is 5.32 Å². The fraction of sp³-hybridized carbons (Fsp3) is 0.286. The lowest BCUT2D eigenvalue weighted by atomic mass is 10.5. The lowest BCUT2D eigenvalue weighted by Crippen LogP contribution is -2.05. The number of hydrogen-bond donors (Lipinski definition) is 1. The van der Waals surface area contributed by atoms with Gasteiger partial charge in [0, 0.05) is 11.9 Å². The highest BCUT2D eigenvalue weighted by Gasteiger charge is 1.83. The van der Waals surface area contributed by atoms with E-state index in [-0.39, 0.29) is 0 Å². The maximum Gasteiger partial charge on any atom is 0.122 e. The van der Waals surface area contributed by atoms with Crippen LogP contribution in [0.25, 0.3) is 0 Å². The number of nitrogens with zero attached hydrogens (tertiary/aromatic N) is 1. The van der Waals surface area contributed by atoms with Crippen LogP contribution < -0.4 is 5.32 Å². The van der Waals surface area contributed by atoms with E-state index in [1.165, 1.54) is 0 Å². The van der Waals surface area contributed by atoms with E-state index in [9.17, 15) is 0 Å². The van der Waals surface area contributed by atoms with Crippen LogP contribution >= 0.6 is 0 Å². The molecule has 0 unspecified atom stereocenters. The quantitative estimate of drug-likeness (QED) is 0.568. The average molecular weight is 124 g/mol. The molecule has 0 radical (unpaired) electrons. The van der Waals surface area contributed by atoms with Crippen molar-refractivity contribution in [3.8, 4) is 0 Å². The molecule has 0 heterocycles. The second-order valence-corrected chi connectivity index (χ2v) is 1.74. The van der Waals surface area contributed by atoms with Crippen LogP contribution in [0, 0.1) is 0 Å². The molecule has 0 aliphatic heterocycles. The van der Waals surface area contributed by atoms with Gasteiger partial charge in [-0.2, -0.15) is 0 Å². The molecule has 9 heavy (non-hydrogen) atoms. The molecule has 0 aliphatic rings. The lowest BCUT2D eigenvalue weighted by Gasteiger charge is -2.00. The van der Waals surface area contributed by atoms with Gasteiger partial charge in [0.05, 0.1) is 0 Å². The van der Waals surface area contributed by atoms with E-state index in [0.29, 0.717) is 5.82 Å². The second kappa shape index (κ2) is 3.89. The van der Waals surface area contributed by atoms with Crippen molar-refractivity contribution < 1.29 is 0 Å². The predicted octanol–water partition coefficient (Wildman–Crippen LogP) is 1.67. The Labute approximate surface area is 56.0 Å². The molecular weight excluding hydrogens is 112 g/mol. The highest BCUT2D eigenvalue weighted by atomic mass is 15.0. The Bertz CT molecular complexity index is 145. The Hall–Kier alpha value is -1.05. The first-order valence-electron chi connectivity index (χ1n) is 2.77. The summed E-state index contributed by atoms with van der Waals surface area (Å²) in [6.45, 7) is 10.9. The molecule has 0 saturated heterocycles. The third-order valence-corrected chi connectivity index (χ3v) is 0.643. The smallest absolute Gasteiger partial charge is 0.122 e. The van der Waals surface area contributed by atoms with Crippen molar-refractivity contribution in [2.24, 2.45) is 4.99 Å². The van der Waals surface area contributed by atoms with Crippen LogP contribution in [0.5, 0.6) is 0 Å². The molecule has 0 spiro atoms. The zero-order valence-corrected chi connectivity index (χ0v) is 5.94. The van der Waals surface area contributed by atoms with E-state index in [1.807, 2.05) is 13.8 Å². The van der Waals surface area contributed by atoms with Gasteiger partial charge >= 0.3 is 0 Å². The van der Waals surface area contributed by atoms with Gasteiger partial charge in [0.25, 0.3) is 0 Å². The van der Waals surface area contributed by atoms with E-state index >= 15 is 0 Å². The number of rotatable bonds is 3. The first kappa shape index (κ1) is 7.95. The summed E-state index contributed by atoms with van der Waals surface area (Å²) < 4.78 is 0. The Kier molecular flexibility index (Phi) is 3.44. The predicted molar refractivity (Wildman–Crippen MR) is 41.3 cm³/mol. The molecule has 0 saturated carbocycles. The fourth-order valence-corrected chi connectivity index (χ4v) is 0.434. The number of aliphatic imine (C=N–C) groups is 1. The van der Waals surface area contributed by atoms with Crippen LogP contribution in [-0.4, -0.2) is 6.21 Å². The Morgan fingerprint density at radius 1 is 1.56 bits per heavy atom. The maximum atomic E-state index is 3.87. The molecule has 2 heteroatoms. The summed E-state index contributed by atoms with van der Waals surface area (Å²) in [7, 11) is 0. The first-order chi connectivity index (χ1) is 4.16. The third kappa shape index (κ3) is 4.81. The molecule has 0 amide bonds. The van der Waals surface area contributed by atoms with Gasteiger partial charge in [0.1, 0.15) is 5.82 Å². The average Bonchev–Trinajstić information content (AvgIpc) is 1.63. The summed E-state index contributed by atoms with van der Waals surface area (Å²) in [4.78, 5) is 3.87. The summed E-state index contributed by atoms with van der Waals surface area (Å²) in [5.74, 6) is 0.630. The molecule has 0 aliphatic carbocycles. The minimum atomic E-state index is 0.630. The van der Waals surface area contributed by atoms with Gasteiger partial charge in [-0.05, 0) is 13.8 Å². The number of nitrogens with one attached hydrogen (secondary N) is 1. The maximum absolute atomic E-state index is 3.87. The number of hydrogen-bond acceptors (Lipinski definition) is 2. The third-order valence-electron chi connectivity index (χ3n) is 0.643. The topological polar surface area (TPSA) is 24.4 Å². The SMILES string of the molecule is C=C(C)NC(=C)/N=C\C. The van der Waals surface area contributed by atoms with Crippen LogP contribution in [0.15, 0.2) is 29.7 Å². The van der Waals surface area contributed by atoms with Crippen LogP contribution in [0.4, 0.5) is 0 Å². The Morgan fingerprint density at radius 2 is 2.11 bits per heavy atom. The van der Waals surface area contributed by atoms with Gasteiger partial charge in [-0.3, -0.25) is 0 Å². The minimum Gasteiger partial charge on any atom is -0.345 e. The minimum absolute atomic E-state index is 0.630. The second-order valence-electron chi connectivity index (χ2n) is 1.74. The van der Waals surface area contributed by atoms with Crippen molar-refractivity contribution in [3.05, 3.63) is 24.7 Å². The van der Waals surface area contributed by atoms with Gasteiger partial charge < -0.3 is 5.32 Å². The van der Waals surface area contributed by atoms with Crippen LogP contribution in [0.1, 0.15) is 13.8 Å². The summed E-state index contributed by atoms with van der Waals surface area (Å²) in [6, 6.07) is 0. The van der Waals surface area contributed by atoms with Crippen molar-refractivity contribution in [2.75, 3.05) is 0 Å². The molecule has 0 aromatic heterocycles. The summed E-state index contributed by atoms with van der Waals surface area (Å²) in [5, 5.41) is 2.86. The lowest BCUT2D eigenvalue weighted by molar-refractivity contribution is 0.963. The van der Waals surface area contributed by atoms with Crippen LogP contribution in [-0.2, 0) is 0 Å². The largest absolute Gasteiger partial charge is 0.345 e. The van der Waals surface area contributed by atoms with Gasteiger partial charge in [0.2, 0.25) is 0 Å². The standard InChI is InChI=1S/C7H12N2/c1-5-8-7(4)9-6(2)3/h5,9H,2,4H2,1,3H3/b8-5-. The zero-order chi connectivity index (χ0) is 7.28. The molecular formula is C7H12N2. The van der Waals surface area contributed by atoms with E-state index in [1.54, 1.807) is 6.21 Å². The molecule has 0 fully saturated rings. The van der Waals surface area contributed by atoms with Crippen molar-refractivity contribution in [1.29, 1.82) is 0 Å². The van der Waals surface area contributed by atoms with Gasteiger partial charge in [0.15, 0.2) is 0 Å². The Morgan fingerprint density at radius 3 is 2.44 bits per heavy atom. The molecule has 2 nitrogen and oxygen atoms in total. The van der Waals surface area contributed by atoms with Crippen molar-refractivity contribution >= 4 is 6.21 Å². The van der Waals surface area contributed by atoms with Crippen LogP contribution in [0.3, 0.4) is 0 Å². The van der Waals surface area contributed by atoms with E-state index in [0.717, 1.165) is 5.70 Å². The van der Waals surface area contributed by atoms with Gasteiger partial charge in [-0.1, -0.05) is 13.2 Å². The molecule has 0 aromatic carbocycles. The van der Waals surface area contributed by atoms with Gasteiger partial charge in [-0.25, -0.2) is 4.99 Å². The molecule has 1 N–H and O–H groups in total. The normalized spacial score (nSPS) is 9.56. The molecule has 0 aromatic rings. The van der Waals surface area contributed by atoms with Crippen molar-refractivity contribution in [2.45, 2.75) is 13.8 Å². The summed E-state index contributed by atoms with van der Waals surface area (Å²) in [5.41, 5.74) is 0.852. The van der Waals surface area contributed by atoms with Crippen LogP contribution in [0.2, 0.25) is 0 Å². The Balaban J connectivity index is 3.64. The molecule has 0 rings (SSSR count). The van der Waals surface area contributed by atoms with E-state index in [2.05, 4.69) is 23.5 Å². The van der Waals surface area contributed by atoms with E-state index < -0.39 is 0 Å². The molecule has 0 bridgehead atoms. The summed E-state index contributed by atoms with van der Waals surface area (Å²) in [6.07, 6.45) is 1.68. The number of allylic oxidation sites excluding steroid dienone is 1. The van der Waals surface area contributed by atoms with Gasteiger partial charge in [-0.15, -0.1) is 0 Å². The fourth-order valence-electron chi connectivity index (χ4n) is 0.434. The summed E-state index contributed by atoms with van der Waals surface area (Å²) >= 11 is 0. The monoisotopic (exact) mass is 124 g/mol. The highest BCUT2D eigenvalue weighted by molar-refractivity contribution is 5.54. The molecule has 50 valence electrons. The van der Waals surface area contributed by atoms with Crippen molar-refractivity contribution in [3.63, 3.8) is 0 Å². The highest BCUT2D eigenvalue weighted by Crippen LogP contribution is 1.88. The first-order valence-corrected chi connectivity index (χ1v) is 2.77. The zero-order valence-electron chi connectivity index (χ0n) is 5.94. The van der Waals surface area contributed by atoms with E-state index in [4.69, 9.17) is 0 Å². The molecule has 0 atom stereocenters.